The SMILES string of the molecule is CNC(=O)[C@@H]1C[C@H](OC)CN1.Cl. The van der Waals surface area contributed by atoms with Crippen LogP contribution in [-0.4, -0.2) is 38.8 Å². The maximum absolute atomic E-state index is 11.0. The second kappa shape index (κ2) is 5.35. The van der Waals surface area contributed by atoms with Crippen molar-refractivity contribution < 1.29 is 9.53 Å². The second-order valence-electron chi connectivity index (χ2n) is 2.67. The van der Waals surface area contributed by atoms with E-state index < -0.39 is 0 Å². The van der Waals surface area contributed by atoms with Gasteiger partial charge in [-0.1, -0.05) is 0 Å². The topological polar surface area (TPSA) is 50.4 Å². The lowest BCUT2D eigenvalue weighted by Crippen LogP contribution is -2.38. The van der Waals surface area contributed by atoms with E-state index in [0.717, 1.165) is 13.0 Å². The van der Waals surface area contributed by atoms with Crippen LogP contribution in [0.25, 0.3) is 0 Å². The van der Waals surface area contributed by atoms with E-state index in [-0.39, 0.29) is 30.5 Å². The molecule has 5 heteroatoms. The standard InChI is InChI=1S/C7H14N2O2.ClH/c1-8-7(10)6-3-5(11-2)4-9-6;/h5-6,9H,3-4H2,1-2H3,(H,8,10);1H/t5-,6-;/m0./s1. The molecule has 0 aliphatic carbocycles. The summed E-state index contributed by atoms with van der Waals surface area (Å²) in [4.78, 5) is 11.0. The molecule has 0 aromatic rings. The fraction of sp³-hybridized carbons (Fsp3) is 0.857. The largest absolute Gasteiger partial charge is 0.380 e. The summed E-state index contributed by atoms with van der Waals surface area (Å²) in [5.41, 5.74) is 0. The molecule has 1 heterocycles. The molecule has 0 saturated carbocycles. The highest BCUT2D eigenvalue weighted by atomic mass is 35.5. The number of amides is 1. The first-order valence-corrected chi connectivity index (χ1v) is 3.75. The molecule has 0 unspecified atom stereocenters. The highest BCUT2D eigenvalue weighted by Crippen LogP contribution is 2.08. The normalized spacial score (nSPS) is 27.8. The third-order valence-electron chi connectivity index (χ3n) is 1.99. The van der Waals surface area contributed by atoms with Gasteiger partial charge in [0.1, 0.15) is 0 Å². The smallest absolute Gasteiger partial charge is 0.236 e. The van der Waals surface area contributed by atoms with E-state index in [0.29, 0.717) is 0 Å². The van der Waals surface area contributed by atoms with Crippen molar-refractivity contribution in [2.24, 2.45) is 0 Å². The minimum absolute atomic E-state index is 0. The summed E-state index contributed by atoms with van der Waals surface area (Å²) in [6.07, 6.45) is 0.966. The number of rotatable bonds is 2. The van der Waals surface area contributed by atoms with Gasteiger partial charge in [-0.25, -0.2) is 0 Å². The van der Waals surface area contributed by atoms with Crippen LogP contribution in [0.4, 0.5) is 0 Å². The Hall–Kier alpha value is -0.320. The van der Waals surface area contributed by atoms with Crippen molar-refractivity contribution in [2.45, 2.75) is 18.6 Å². The van der Waals surface area contributed by atoms with Crippen LogP contribution in [-0.2, 0) is 9.53 Å². The lowest BCUT2D eigenvalue weighted by Gasteiger charge is -2.07. The Morgan fingerprint density at radius 3 is 2.75 bits per heavy atom. The first-order chi connectivity index (χ1) is 5.27. The van der Waals surface area contributed by atoms with Gasteiger partial charge in [-0.15, -0.1) is 12.4 Å². The minimum atomic E-state index is -0.0649. The van der Waals surface area contributed by atoms with E-state index in [2.05, 4.69) is 10.6 Å². The Balaban J connectivity index is 0.00000121. The first kappa shape index (κ1) is 11.7. The van der Waals surface area contributed by atoms with Gasteiger partial charge in [0.05, 0.1) is 12.1 Å². The maximum Gasteiger partial charge on any atom is 0.236 e. The van der Waals surface area contributed by atoms with Gasteiger partial charge < -0.3 is 15.4 Å². The second-order valence-corrected chi connectivity index (χ2v) is 2.67. The highest BCUT2D eigenvalue weighted by Gasteiger charge is 2.28. The van der Waals surface area contributed by atoms with Crippen molar-refractivity contribution >= 4 is 18.3 Å². The van der Waals surface area contributed by atoms with E-state index in [1.165, 1.54) is 0 Å². The zero-order valence-electron chi connectivity index (χ0n) is 7.29. The van der Waals surface area contributed by atoms with Crippen LogP contribution < -0.4 is 10.6 Å². The predicted octanol–water partition coefficient (Wildman–Crippen LogP) is -0.469. The molecule has 0 aromatic carbocycles. The van der Waals surface area contributed by atoms with Gasteiger partial charge in [-0.3, -0.25) is 4.79 Å². The molecule has 2 atom stereocenters. The molecule has 1 fully saturated rings. The molecule has 1 aliphatic heterocycles. The lowest BCUT2D eigenvalue weighted by atomic mass is 10.2. The van der Waals surface area contributed by atoms with Crippen molar-refractivity contribution in [2.75, 3.05) is 20.7 Å². The molecule has 0 bridgehead atoms. The molecular weight excluding hydrogens is 180 g/mol. The van der Waals surface area contributed by atoms with Crippen LogP contribution in [0.3, 0.4) is 0 Å². The first-order valence-electron chi connectivity index (χ1n) is 3.75. The van der Waals surface area contributed by atoms with Crippen LogP contribution in [0.2, 0.25) is 0 Å². The fourth-order valence-corrected chi connectivity index (χ4v) is 1.26. The summed E-state index contributed by atoms with van der Waals surface area (Å²) in [7, 11) is 3.31. The van der Waals surface area contributed by atoms with Crippen LogP contribution in [0.5, 0.6) is 0 Å². The molecule has 2 N–H and O–H groups in total. The zero-order chi connectivity index (χ0) is 8.27. The molecule has 72 valence electrons. The van der Waals surface area contributed by atoms with Crippen molar-refractivity contribution in [3.05, 3.63) is 0 Å². The predicted molar refractivity (Wildman–Crippen MR) is 48.5 cm³/mol. The van der Waals surface area contributed by atoms with Crippen LogP contribution in [0.15, 0.2) is 0 Å². The molecule has 1 aliphatic rings. The van der Waals surface area contributed by atoms with Crippen molar-refractivity contribution in [1.29, 1.82) is 0 Å². The molecule has 0 aromatic heterocycles. The zero-order valence-corrected chi connectivity index (χ0v) is 8.11. The molecule has 0 radical (unpaired) electrons. The molecule has 12 heavy (non-hydrogen) atoms. The molecule has 1 saturated heterocycles. The van der Waals surface area contributed by atoms with Gasteiger partial charge >= 0.3 is 0 Å². The third kappa shape index (κ3) is 2.62. The third-order valence-corrected chi connectivity index (χ3v) is 1.99. The minimum Gasteiger partial charge on any atom is -0.380 e. The average molecular weight is 195 g/mol. The van der Waals surface area contributed by atoms with E-state index in [9.17, 15) is 4.79 Å². The fourth-order valence-electron chi connectivity index (χ4n) is 1.26. The Bertz CT molecular complexity index is 154. The van der Waals surface area contributed by atoms with Crippen molar-refractivity contribution in [1.82, 2.24) is 10.6 Å². The van der Waals surface area contributed by atoms with Crippen LogP contribution >= 0.6 is 12.4 Å². The number of hydrogen-bond acceptors (Lipinski definition) is 3. The summed E-state index contributed by atoms with van der Waals surface area (Å²) < 4.78 is 5.09. The number of carbonyl (C=O) groups excluding carboxylic acids is 1. The van der Waals surface area contributed by atoms with Gasteiger partial charge in [0, 0.05) is 20.7 Å². The Morgan fingerprint density at radius 1 is 1.67 bits per heavy atom. The van der Waals surface area contributed by atoms with Crippen LogP contribution in [0.1, 0.15) is 6.42 Å². The van der Waals surface area contributed by atoms with Gasteiger partial charge in [0.15, 0.2) is 0 Å². The van der Waals surface area contributed by atoms with E-state index in [1.54, 1.807) is 14.2 Å². The molecule has 1 amide bonds. The lowest BCUT2D eigenvalue weighted by molar-refractivity contribution is -0.122. The van der Waals surface area contributed by atoms with Crippen molar-refractivity contribution in [3.8, 4) is 0 Å². The number of nitrogens with one attached hydrogen (secondary N) is 2. The number of carbonyl (C=O) groups is 1. The Morgan fingerprint density at radius 2 is 2.33 bits per heavy atom. The number of hydrogen-bond donors (Lipinski definition) is 2. The van der Waals surface area contributed by atoms with Gasteiger partial charge in [-0.05, 0) is 6.42 Å². The maximum atomic E-state index is 11.0. The monoisotopic (exact) mass is 194 g/mol. The van der Waals surface area contributed by atoms with Gasteiger partial charge in [-0.2, -0.15) is 0 Å². The van der Waals surface area contributed by atoms with E-state index in [4.69, 9.17) is 4.74 Å². The Kier molecular flexibility index (Phi) is 5.20. The summed E-state index contributed by atoms with van der Waals surface area (Å²) in [6.45, 7) is 0.772. The van der Waals surface area contributed by atoms with E-state index >= 15 is 0 Å². The summed E-state index contributed by atoms with van der Waals surface area (Å²) >= 11 is 0. The number of ether oxygens (including phenoxy) is 1. The quantitative estimate of drug-likeness (QED) is 0.625. The summed E-state index contributed by atoms with van der Waals surface area (Å²) in [5.74, 6) is 0.0459. The molecule has 0 spiro atoms. The van der Waals surface area contributed by atoms with Gasteiger partial charge in [0.2, 0.25) is 5.91 Å². The van der Waals surface area contributed by atoms with E-state index in [1.807, 2.05) is 0 Å². The Labute approximate surface area is 78.5 Å². The molecular formula is C7H15ClN2O2. The molecule has 4 nitrogen and oxygen atoms in total. The molecule has 1 rings (SSSR count). The average Bonchev–Trinajstić information content (AvgIpc) is 2.50. The van der Waals surface area contributed by atoms with Crippen LogP contribution in [0, 0.1) is 0 Å². The number of likely N-dealkylation sites (N-methyl/N-ethyl adjacent to an activating group) is 1. The summed E-state index contributed by atoms with van der Waals surface area (Å²) in [6, 6.07) is -0.0649. The number of methoxy groups -OCH3 is 1. The summed E-state index contributed by atoms with van der Waals surface area (Å²) in [5, 5.41) is 5.67. The highest BCUT2D eigenvalue weighted by molar-refractivity contribution is 5.85. The van der Waals surface area contributed by atoms with Crippen molar-refractivity contribution in [3.63, 3.8) is 0 Å². The van der Waals surface area contributed by atoms with Gasteiger partial charge in [0.25, 0.3) is 0 Å². The number of halogens is 1.